The van der Waals surface area contributed by atoms with Crippen molar-refractivity contribution < 1.29 is 0 Å². The van der Waals surface area contributed by atoms with Crippen molar-refractivity contribution in [2.24, 2.45) is 5.73 Å². The SMILES string of the molecule is CN(C)c1nccc(-c2cccc(Br)c2)c1CN. The Kier molecular flexibility index (Phi) is 3.99. The van der Waals surface area contributed by atoms with Gasteiger partial charge in [0.15, 0.2) is 0 Å². The summed E-state index contributed by atoms with van der Waals surface area (Å²) in [6.45, 7) is 0.475. The molecule has 2 N–H and O–H groups in total. The highest BCUT2D eigenvalue weighted by molar-refractivity contribution is 9.10. The Bertz CT molecular complexity index is 552. The Hall–Kier alpha value is -1.39. The number of nitrogens with zero attached hydrogens (tertiary/aromatic N) is 2. The van der Waals surface area contributed by atoms with E-state index in [0.717, 1.165) is 27.0 Å². The van der Waals surface area contributed by atoms with Crippen LogP contribution in [0.4, 0.5) is 5.82 Å². The van der Waals surface area contributed by atoms with E-state index in [0.29, 0.717) is 6.54 Å². The molecule has 0 spiro atoms. The summed E-state index contributed by atoms with van der Waals surface area (Å²) in [7, 11) is 3.96. The van der Waals surface area contributed by atoms with Crippen LogP contribution in [0.15, 0.2) is 41.0 Å². The highest BCUT2D eigenvalue weighted by Crippen LogP contribution is 2.30. The van der Waals surface area contributed by atoms with Gasteiger partial charge in [0.2, 0.25) is 0 Å². The van der Waals surface area contributed by atoms with E-state index in [2.05, 4.69) is 33.0 Å². The molecule has 1 aromatic carbocycles. The van der Waals surface area contributed by atoms with Crippen LogP contribution >= 0.6 is 15.9 Å². The number of hydrogen-bond donors (Lipinski definition) is 1. The Balaban J connectivity index is 2.61. The van der Waals surface area contributed by atoms with Gasteiger partial charge in [0.1, 0.15) is 5.82 Å². The normalized spacial score (nSPS) is 10.4. The van der Waals surface area contributed by atoms with E-state index in [-0.39, 0.29) is 0 Å². The summed E-state index contributed by atoms with van der Waals surface area (Å²) in [4.78, 5) is 6.38. The molecular weight excluding hydrogens is 290 g/mol. The van der Waals surface area contributed by atoms with Gasteiger partial charge >= 0.3 is 0 Å². The number of aromatic nitrogens is 1. The monoisotopic (exact) mass is 305 g/mol. The second kappa shape index (κ2) is 5.50. The van der Waals surface area contributed by atoms with Gasteiger partial charge in [-0.15, -0.1) is 0 Å². The number of benzene rings is 1. The summed E-state index contributed by atoms with van der Waals surface area (Å²) in [6.07, 6.45) is 1.82. The van der Waals surface area contributed by atoms with Crippen molar-refractivity contribution in [2.45, 2.75) is 6.54 Å². The van der Waals surface area contributed by atoms with Gasteiger partial charge in [0, 0.05) is 36.9 Å². The standard InChI is InChI=1S/C14H16BrN3/c1-18(2)14-13(9-16)12(6-7-17-14)10-4-3-5-11(15)8-10/h3-8H,9,16H2,1-2H3. The molecule has 94 valence electrons. The summed E-state index contributed by atoms with van der Waals surface area (Å²) in [6, 6.07) is 10.2. The average molecular weight is 306 g/mol. The van der Waals surface area contributed by atoms with Gasteiger partial charge in [0.05, 0.1) is 0 Å². The molecule has 2 rings (SSSR count). The van der Waals surface area contributed by atoms with Gasteiger partial charge in [-0.3, -0.25) is 0 Å². The lowest BCUT2D eigenvalue weighted by atomic mass is 10.0. The number of halogens is 1. The fraction of sp³-hybridized carbons (Fsp3) is 0.214. The highest BCUT2D eigenvalue weighted by atomic mass is 79.9. The topological polar surface area (TPSA) is 42.2 Å². The van der Waals surface area contributed by atoms with Crippen LogP contribution in [-0.2, 0) is 6.54 Å². The quantitative estimate of drug-likeness (QED) is 0.948. The Morgan fingerprint density at radius 2 is 2.06 bits per heavy atom. The Morgan fingerprint density at radius 1 is 1.28 bits per heavy atom. The number of pyridine rings is 1. The van der Waals surface area contributed by atoms with Crippen molar-refractivity contribution in [2.75, 3.05) is 19.0 Å². The van der Waals surface area contributed by atoms with Crippen LogP contribution in [0.3, 0.4) is 0 Å². The number of nitrogens with two attached hydrogens (primary N) is 1. The molecule has 3 nitrogen and oxygen atoms in total. The minimum atomic E-state index is 0.475. The number of anilines is 1. The van der Waals surface area contributed by atoms with Crippen LogP contribution in [0.2, 0.25) is 0 Å². The van der Waals surface area contributed by atoms with Crippen LogP contribution in [0.1, 0.15) is 5.56 Å². The lowest BCUT2D eigenvalue weighted by Crippen LogP contribution is -2.15. The minimum absolute atomic E-state index is 0.475. The summed E-state index contributed by atoms with van der Waals surface area (Å²) >= 11 is 3.50. The molecule has 1 aromatic heterocycles. The molecule has 0 saturated heterocycles. The lowest BCUT2D eigenvalue weighted by Gasteiger charge is -2.18. The van der Waals surface area contributed by atoms with Crippen molar-refractivity contribution in [1.29, 1.82) is 0 Å². The Morgan fingerprint density at radius 3 is 2.67 bits per heavy atom. The molecule has 0 bridgehead atoms. The molecule has 18 heavy (non-hydrogen) atoms. The third-order valence-corrected chi connectivity index (χ3v) is 3.29. The molecule has 0 aliphatic rings. The second-order valence-electron chi connectivity index (χ2n) is 4.27. The zero-order valence-electron chi connectivity index (χ0n) is 10.5. The van der Waals surface area contributed by atoms with E-state index >= 15 is 0 Å². The van der Waals surface area contributed by atoms with Gasteiger partial charge in [-0.25, -0.2) is 4.98 Å². The molecule has 0 atom stereocenters. The average Bonchev–Trinajstić information content (AvgIpc) is 2.37. The largest absolute Gasteiger partial charge is 0.362 e. The molecule has 0 aliphatic carbocycles. The van der Waals surface area contributed by atoms with Crippen LogP contribution in [0.25, 0.3) is 11.1 Å². The van der Waals surface area contributed by atoms with E-state index in [4.69, 9.17) is 5.73 Å². The first-order valence-electron chi connectivity index (χ1n) is 5.74. The van der Waals surface area contributed by atoms with E-state index in [9.17, 15) is 0 Å². The van der Waals surface area contributed by atoms with Crippen molar-refractivity contribution in [1.82, 2.24) is 4.98 Å². The van der Waals surface area contributed by atoms with Crippen LogP contribution in [0, 0.1) is 0 Å². The first-order chi connectivity index (χ1) is 8.63. The predicted octanol–water partition coefficient (Wildman–Crippen LogP) is 3.04. The Labute approximate surface area is 116 Å². The van der Waals surface area contributed by atoms with Crippen LogP contribution in [-0.4, -0.2) is 19.1 Å². The van der Waals surface area contributed by atoms with Crippen molar-refractivity contribution in [3.63, 3.8) is 0 Å². The van der Waals surface area contributed by atoms with Gasteiger partial charge in [-0.05, 0) is 29.3 Å². The van der Waals surface area contributed by atoms with E-state index < -0.39 is 0 Å². The number of hydrogen-bond acceptors (Lipinski definition) is 3. The smallest absolute Gasteiger partial charge is 0.133 e. The lowest BCUT2D eigenvalue weighted by molar-refractivity contribution is 0.988. The molecule has 0 unspecified atom stereocenters. The van der Waals surface area contributed by atoms with Gasteiger partial charge in [0.25, 0.3) is 0 Å². The zero-order valence-corrected chi connectivity index (χ0v) is 12.1. The van der Waals surface area contributed by atoms with Crippen molar-refractivity contribution >= 4 is 21.7 Å². The first-order valence-corrected chi connectivity index (χ1v) is 6.54. The predicted molar refractivity (Wildman–Crippen MR) is 79.6 cm³/mol. The molecule has 0 aliphatic heterocycles. The van der Waals surface area contributed by atoms with E-state index in [1.807, 2.05) is 43.4 Å². The second-order valence-corrected chi connectivity index (χ2v) is 5.19. The first kappa shape index (κ1) is 13.1. The highest BCUT2D eigenvalue weighted by Gasteiger charge is 2.11. The third-order valence-electron chi connectivity index (χ3n) is 2.80. The van der Waals surface area contributed by atoms with Gasteiger partial charge < -0.3 is 10.6 Å². The van der Waals surface area contributed by atoms with Crippen LogP contribution in [0.5, 0.6) is 0 Å². The van der Waals surface area contributed by atoms with E-state index in [1.54, 1.807) is 0 Å². The van der Waals surface area contributed by atoms with Gasteiger partial charge in [-0.2, -0.15) is 0 Å². The summed E-state index contributed by atoms with van der Waals surface area (Å²) in [5.74, 6) is 0.926. The maximum Gasteiger partial charge on any atom is 0.133 e. The van der Waals surface area contributed by atoms with Crippen LogP contribution < -0.4 is 10.6 Å². The third kappa shape index (κ3) is 2.54. The maximum absolute atomic E-state index is 5.89. The minimum Gasteiger partial charge on any atom is -0.362 e. The maximum atomic E-state index is 5.89. The fourth-order valence-corrected chi connectivity index (χ4v) is 2.39. The summed E-state index contributed by atoms with van der Waals surface area (Å²) < 4.78 is 1.06. The summed E-state index contributed by atoms with van der Waals surface area (Å²) in [5.41, 5.74) is 9.24. The van der Waals surface area contributed by atoms with Gasteiger partial charge in [-0.1, -0.05) is 28.1 Å². The van der Waals surface area contributed by atoms with Crippen molar-refractivity contribution in [3.05, 3.63) is 46.6 Å². The molecule has 0 radical (unpaired) electrons. The number of rotatable bonds is 3. The van der Waals surface area contributed by atoms with Crippen molar-refractivity contribution in [3.8, 4) is 11.1 Å². The fourth-order valence-electron chi connectivity index (χ4n) is 1.99. The zero-order chi connectivity index (χ0) is 13.1. The molecule has 0 fully saturated rings. The van der Waals surface area contributed by atoms with E-state index in [1.165, 1.54) is 0 Å². The molecule has 1 heterocycles. The molecule has 4 heteroatoms. The summed E-state index contributed by atoms with van der Waals surface area (Å²) in [5, 5.41) is 0. The molecule has 0 amide bonds. The molecule has 2 aromatic rings. The molecular formula is C14H16BrN3. The molecule has 0 saturated carbocycles.